The summed E-state index contributed by atoms with van der Waals surface area (Å²) < 4.78 is 22.2. The molecule has 0 amide bonds. The van der Waals surface area contributed by atoms with Crippen LogP contribution >= 0.6 is 11.8 Å². The van der Waals surface area contributed by atoms with E-state index >= 15 is 0 Å². The summed E-state index contributed by atoms with van der Waals surface area (Å²) in [6, 6.07) is 7.91. The number of benzene rings is 1. The average molecular weight is 326 g/mol. The van der Waals surface area contributed by atoms with Crippen molar-refractivity contribution in [3.8, 4) is 6.07 Å². The first-order valence-corrected chi connectivity index (χ1v) is 9.74. The summed E-state index contributed by atoms with van der Waals surface area (Å²) in [4.78, 5) is 0.834. The molecule has 0 aromatic heterocycles. The van der Waals surface area contributed by atoms with Crippen LogP contribution < -0.4 is 5.32 Å². The van der Waals surface area contributed by atoms with E-state index in [1.165, 1.54) is 18.0 Å². The molecule has 0 atom stereocenters. The van der Waals surface area contributed by atoms with Crippen molar-refractivity contribution < 1.29 is 8.42 Å². The summed E-state index contributed by atoms with van der Waals surface area (Å²) in [6.07, 6.45) is 1.22. The van der Waals surface area contributed by atoms with E-state index in [2.05, 4.69) is 32.2 Å². The third-order valence-electron chi connectivity index (χ3n) is 2.70. The third-order valence-corrected chi connectivity index (χ3v) is 4.98. The highest BCUT2D eigenvalue weighted by atomic mass is 32.2. The number of nitriles is 1. The number of nitrogens with one attached hydrogen (secondary N) is 1. The molecule has 0 saturated heterocycles. The van der Waals surface area contributed by atoms with Crippen LogP contribution in [-0.2, 0) is 16.4 Å². The maximum absolute atomic E-state index is 11.1. The van der Waals surface area contributed by atoms with Crippen molar-refractivity contribution in [2.75, 3.05) is 17.8 Å². The first-order valence-electron chi connectivity index (χ1n) is 6.69. The van der Waals surface area contributed by atoms with Crippen molar-refractivity contribution in [2.45, 2.75) is 37.8 Å². The Labute approximate surface area is 131 Å². The molecule has 1 N–H and O–H groups in total. The Balaban J connectivity index is 2.73. The maximum Gasteiger partial charge on any atom is 0.148 e. The van der Waals surface area contributed by atoms with Gasteiger partial charge < -0.3 is 5.32 Å². The Hall–Kier alpha value is -1.03. The highest BCUT2D eigenvalue weighted by Crippen LogP contribution is 2.24. The van der Waals surface area contributed by atoms with Crippen molar-refractivity contribution in [1.82, 2.24) is 5.32 Å². The van der Waals surface area contributed by atoms with Crippen molar-refractivity contribution in [3.63, 3.8) is 0 Å². The van der Waals surface area contributed by atoms with Crippen LogP contribution in [0.1, 0.15) is 31.9 Å². The normalized spacial score (nSPS) is 12.1. The molecule has 0 spiro atoms. The van der Waals surface area contributed by atoms with E-state index in [1.54, 1.807) is 0 Å². The second kappa shape index (κ2) is 7.30. The summed E-state index contributed by atoms with van der Waals surface area (Å²) in [5.41, 5.74) is 1.67. The monoisotopic (exact) mass is 326 g/mol. The number of rotatable bonds is 6. The molecule has 0 aliphatic carbocycles. The summed E-state index contributed by atoms with van der Waals surface area (Å²) in [5.74, 6) is 0.586. The Morgan fingerprint density at radius 3 is 2.52 bits per heavy atom. The quantitative estimate of drug-likeness (QED) is 0.814. The predicted octanol–water partition coefficient (Wildman–Crippen LogP) is 2.58. The van der Waals surface area contributed by atoms with E-state index in [0.717, 1.165) is 10.5 Å². The molecule has 4 nitrogen and oxygen atoms in total. The van der Waals surface area contributed by atoms with Gasteiger partial charge in [-0.2, -0.15) is 5.26 Å². The molecule has 116 valence electrons. The van der Waals surface area contributed by atoms with Crippen LogP contribution in [-0.4, -0.2) is 31.7 Å². The Kier molecular flexibility index (Phi) is 6.26. The second-order valence-electron chi connectivity index (χ2n) is 6.02. The molecule has 0 aliphatic heterocycles. The number of nitrogens with zero attached hydrogens (tertiary/aromatic N) is 1. The summed E-state index contributed by atoms with van der Waals surface area (Å²) in [7, 11) is -2.96. The summed E-state index contributed by atoms with van der Waals surface area (Å²) in [6.45, 7) is 6.97. The van der Waals surface area contributed by atoms with Gasteiger partial charge in [-0.05, 0) is 38.5 Å². The zero-order chi connectivity index (χ0) is 16.1. The lowest BCUT2D eigenvalue weighted by Gasteiger charge is -2.20. The zero-order valence-corrected chi connectivity index (χ0v) is 14.6. The molecule has 6 heteroatoms. The highest BCUT2D eigenvalue weighted by Gasteiger charge is 2.10. The highest BCUT2D eigenvalue weighted by molar-refractivity contribution is 8.00. The lowest BCUT2D eigenvalue weighted by atomic mass is 10.1. The van der Waals surface area contributed by atoms with Crippen molar-refractivity contribution in [2.24, 2.45) is 0 Å². The van der Waals surface area contributed by atoms with Crippen LogP contribution in [0, 0.1) is 11.3 Å². The van der Waals surface area contributed by atoms with Crippen molar-refractivity contribution in [3.05, 3.63) is 29.3 Å². The van der Waals surface area contributed by atoms with Gasteiger partial charge in [0.05, 0.1) is 11.3 Å². The van der Waals surface area contributed by atoms with Crippen LogP contribution in [0.2, 0.25) is 0 Å². The fourth-order valence-electron chi connectivity index (χ4n) is 1.57. The van der Waals surface area contributed by atoms with Crippen LogP contribution in [0.25, 0.3) is 0 Å². The minimum Gasteiger partial charge on any atom is -0.308 e. The van der Waals surface area contributed by atoms with Crippen LogP contribution in [0.5, 0.6) is 0 Å². The molecule has 1 aromatic rings. The van der Waals surface area contributed by atoms with E-state index < -0.39 is 9.84 Å². The van der Waals surface area contributed by atoms with Gasteiger partial charge in [-0.3, -0.25) is 0 Å². The summed E-state index contributed by atoms with van der Waals surface area (Å²) >= 11 is 1.41. The lowest BCUT2D eigenvalue weighted by molar-refractivity contribution is 0.424. The van der Waals surface area contributed by atoms with Crippen LogP contribution in [0.3, 0.4) is 0 Å². The molecule has 0 aliphatic rings. The minimum absolute atomic E-state index is 0.0235. The molecule has 0 radical (unpaired) electrons. The predicted molar refractivity (Wildman–Crippen MR) is 88.2 cm³/mol. The molecule has 1 aromatic carbocycles. The van der Waals surface area contributed by atoms with Gasteiger partial charge in [0.1, 0.15) is 15.9 Å². The van der Waals surface area contributed by atoms with E-state index in [-0.39, 0.29) is 11.3 Å². The molecule has 21 heavy (non-hydrogen) atoms. The average Bonchev–Trinajstić information content (AvgIpc) is 2.35. The third kappa shape index (κ3) is 7.51. The van der Waals surface area contributed by atoms with Gasteiger partial charge in [0, 0.05) is 29.0 Å². The number of thioether (sulfide) groups is 1. The number of hydrogen-bond acceptors (Lipinski definition) is 5. The summed E-state index contributed by atoms with van der Waals surface area (Å²) in [5, 5.41) is 12.6. The van der Waals surface area contributed by atoms with Crippen molar-refractivity contribution >= 4 is 21.6 Å². The second-order valence-corrected chi connectivity index (χ2v) is 9.42. The van der Waals surface area contributed by atoms with Gasteiger partial charge >= 0.3 is 0 Å². The lowest BCUT2D eigenvalue weighted by Crippen LogP contribution is -2.35. The molecule has 0 saturated carbocycles. The van der Waals surface area contributed by atoms with Gasteiger partial charge in [-0.15, -0.1) is 11.8 Å². The SMILES string of the molecule is CC(C)(C)NCc1ccc(SCCS(C)(=O)=O)c(C#N)c1. The van der Waals surface area contributed by atoms with Gasteiger partial charge in [0.25, 0.3) is 0 Å². The first-order chi connectivity index (χ1) is 9.61. The molecule has 0 unspecified atom stereocenters. The Bertz CT molecular complexity index is 626. The van der Waals surface area contributed by atoms with E-state index in [1.807, 2.05) is 18.2 Å². The smallest absolute Gasteiger partial charge is 0.148 e. The first kappa shape index (κ1) is 18.0. The molecule has 0 fully saturated rings. The minimum atomic E-state index is -2.96. The van der Waals surface area contributed by atoms with Gasteiger partial charge in [0.2, 0.25) is 0 Å². The van der Waals surface area contributed by atoms with E-state index in [9.17, 15) is 13.7 Å². The molecule has 1 rings (SSSR count). The fraction of sp³-hybridized carbons (Fsp3) is 0.533. The molecular weight excluding hydrogens is 304 g/mol. The standard InChI is InChI=1S/C15H22N2O2S2/c1-15(2,3)17-11-12-5-6-14(13(9-12)10-16)20-7-8-21(4,18)19/h5-6,9,17H,7-8,11H2,1-4H3. The van der Waals surface area contributed by atoms with E-state index in [0.29, 0.717) is 17.9 Å². The topological polar surface area (TPSA) is 70.0 Å². The maximum atomic E-state index is 11.1. The van der Waals surface area contributed by atoms with Gasteiger partial charge in [0.15, 0.2) is 0 Å². The Morgan fingerprint density at radius 2 is 2.00 bits per heavy atom. The van der Waals surface area contributed by atoms with Gasteiger partial charge in [-0.1, -0.05) is 6.07 Å². The molecule has 0 heterocycles. The molecule has 0 bridgehead atoms. The Morgan fingerprint density at radius 1 is 1.33 bits per heavy atom. The number of hydrogen-bond donors (Lipinski definition) is 1. The van der Waals surface area contributed by atoms with Crippen molar-refractivity contribution in [1.29, 1.82) is 5.26 Å². The van der Waals surface area contributed by atoms with Crippen LogP contribution in [0.15, 0.2) is 23.1 Å². The zero-order valence-electron chi connectivity index (χ0n) is 12.9. The van der Waals surface area contributed by atoms with Crippen LogP contribution in [0.4, 0.5) is 0 Å². The van der Waals surface area contributed by atoms with E-state index in [4.69, 9.17) is 0 Å². The fourth-order valence-corrected chi connectivity index (χ4v) is 3.76. The molecular formula is C15H22N2O2S2. The largest absolute Gasteiger partial charge is 0.308 e. The van der Waals surface area contributed by atoms with Gasteiger partial charge in [-0.25, -0.2) is 8.42 Å². The number of sulfone groups is 1.